The van der Waals surface area contributed by atoms with Crippen LogP contribution in [0.2, 0.25) is 5.02 Å². The van der Waals surface area contributed by atoms with Gasteiger partial charge in [0.05, 0.1) is 17.7 Å². The molecule has 0 saturated heterocycles. The molecule has 0 aromatic heterocycles. The highest BCUT2D eigenvalue weighted by Gasteiger charge is 2.27. The van der Waals surface area contributed by atoms with E-state index in [2.05, 4.69) is 5.32 Å². The lowest BCUT2D eigenvalue weighted by atomic mass is 10.2. The Morgan fingerprint density at radius 1 is 1.06 bits per heavy atom. The molecule has 3 rings (SSSR count). The van der Waals surface area contributed by atoms with Crippen LogP contribution in [0.4, 0.5) is 10.1 Å². The average Bonchev–Trinajstić information content (AvgIpc) is 2.77. The van der Waals surface area contributed by atoms with Crippen molar-refractivity contribution in [3.8, 4) is 5.75 Å². The van der Waals surface area contributed by atoms with Crippen LogP contribution in [0.3, 0.4) is 0 Å². The Morgan fingerprint density at radius 2 is 1.74 bits per heavy atom. The van der Waals surface area contributed by atoms with Gasteiger partial charge in [-0.25, -0.2) is 12.8 Å². The maximum atomic E-state index is 13.3. The summed E-state index contributed by atoms with van der Waals surface area (Å²) in [6, 6.07) is 17.8. The SMILES string of the molecule is COc1ccc(S(=O)(=O)N(CC(=O)NCc2cccc(F)c2)c2ccc(Cl)cc2)cc1. The summed E-state index contributed by atoms with van der Waals surface area (Å²) in [6.45, 7) is -0.404. The summed E-state index contributed by atoms with van der Waals surface area (Å²) in [5.74, 6) is -0.460. The van der Waals surface area contributed by atoms with E-state index in [0.29, 0.717) is 16.3 Å². The monoisotopic (exact) mass is 462 g/mol. The van der Waals surface area contributed by atoms with Gasteiger partial charge >= 0.3 is 0 Å². The number of benzene rings is 3. The van der Waals surface area contributed by atoms with Crippen LogP contribution in [-0.4, -0.2) is 28.0 Å². The van der Waals surface area contributed by atoms with E-state index in [1.54, 1.807) is 6.07 Å². The predicted octanol–water partition coefficient (Wildman–Crippen LogP) is 4.00. The summed E-state index contributed by atoms with van der Waals surface area (Å²) in [5, 5.41) is 3.05. The molecule has 0 spiro atoms. The number of hydrogen-bond donors (Lipinski definition) is 1. The number of halogens is 2. The number of methoxy groups -OCH3 is 1. The highest BCUT2D eigenvalue weighted by atomic mass is 35.5. The Balaban J connectivity index is 1.85. The van der Waals surface area contributed by atoms with Gasteiger partial charge in [-0.15, -0.1) is 0 Å². The van der Waals surface area contributed by atoms with Crippen LogP contribution in [0, 0.1) is 5.82 Å². The fraction of sp³-hybridized carbons (Fsp3) is 0.136. The van der Waals surface area contributed by atoms with Gasteiger partial charge in [-0.3, -0.25) is 9.10 Å². The van der Waals surface area contributed by atoms with Crippen molar-refractivity contribution >= 4 is 33.2 Å². The fourth-order valence-corrected chi connectivity index (χ4v) is 4.38. The molecule has 1 amide bonds. The van der Waals surface area contributed by atoms with Crippen LogP contribution >= 0.6 is 11.6 Å². The molecule has 3 aromatic rings. The lowest BCUT2D eigenvalue weighted by Crippen LogP contribution is -2.40. The van der Waals surface area contributed by atoms with Crippen molar-refractivity contribution in [1.29, 1.82) is 0 Å². The van der Waals surface area contributed by atoms with Crippen molar-refractivity contribution in [2.24, 2.45) is 0 Å². The Hall–Kier alpha value is -3.10. The number of carbonyl (C=O) groups is 1. The third-order valence-corrected chi connectivity index (χ3v) is 6.47. The maximum Gasteiger partial charge on any atom is 0.264 e. The van der Waals surface area contributed by atoms with Crippen LogP contribution in [-0.2, 0) is 21.4 Å². The molecule has 0 atom stereocenters. The first-order chi connectivity index (χ1) is 14.8. The largest absolute Gasteiger partial charge is 0.497 e. The Morgan fingerprint density at radius 3 is 2.35 bits per heavy atom. The Labute approximate surface area is 185 Å². The van der Waals surface area contributed by atoms with Gasteiger partial charge in [-0.2, -0.15) is 0 Å². The molecule has 0 saturated carbocycles. The van der Waals surface area contributed by atoms with Crippen molar-refractivity contribution < 1.29 is 22.3 Å². The molecular formula is C22H20ClFN2O4S. The van der Waals surface area contributed by atoms with Crippen LogP contribution in [0.25, 0.3) is 0 Å². The van der Waals surface area contributed by atoms with Crippen molar-refractivity contribution in [1.82, 2.24) is 5.32 Å². The van der Waals surface area contributed by atoms with Gasteiger partial charge in [0.1, 0.15) is 18.1 Å². The second-order valence-corrected chi connectivity index (χ2v) is 8.87. The molecule has 3 aromatic carbocycles. The highest BCUT2D eigenvalue weighted by molar-refractivity contribution is 7.92. The average molecular weight is 463 g/mol. The summed E-state index contributed by atoms with van der Waals surface area (Å²) in [6.07, 6.45) is 0. The lowest BCUT2D eigenvalue weighted by Gasteiger charge is -2.24. The summed E-state index contributed by atoms with van der Waals surface area (Å²) in [5.41, 5.74) is 0.838. The minimum absolute atomic E-state index is 0.00109. The zero-order valence-corrected chi connectivity index (χ0v) is 18.2. The van der Waals surface area contributed by atoms with Gasteiger partial charge in [0.2, 0.25) is 5.91 Å². The number of nitrogens with zero attached hydrogens (tertiary/aromatic N) is 1. The molecule has 0 aliphatic carbocycles. The first-order valence-electron chi connectivity index (χ1n) is 9.23. The topological polar surface area (TPSA) is 75.7 Å². The molecule has 0 bridgehead atoms. The highest BCUT2D eigenvalue weighted by Crippen LogP contribution is 2.26. The summed E-state index contributed by atoms with van der Waals surface area (Å²) in [4.78, 5) is 12.6. The molecule has 1 N–H and O–H groups in total. The van der Waals surface area contributed by atoms with Crippen LogP contribution in [0.15, 0.2) is 77.7 Å². The molecule has 0 heterocycles. The van der Waals surface area contributed by atoms with Gasteiger partial charge in [-0.05, 0) is 66.2 Å². The van der Waals surface area contributed by atoms with Crippen molar-refractivity contribution in [3.63, 3.8) is 0 Å². The van der Waals surface area contributed by atoms with Crippen molar-refractivity contribution in [3.05, 3.63) is 89.2 Å². The van der Waals surface area contributed by atoms with Crippen LogP contribution < -0.4 is 14.4 Å². The minimum atomic E-state index is -4.06. The van der Waals surface area contributed by atoms with E-state index in [1.807, 2.05) is 0 Å². The number of hydrogen-bond acceptors (Lipinski definition) is 4. The number of amides is 1. The van der Waals surface area contributed by atoms with Gasteiger partial charge < -0.3 is 10.1 Å². The second kappa shape index (κ2) is 9.80. The molecule has 0 aliphatic rings. The first-order valence-corrected chi connectivity index (χ1v) is 11.0. The molecule has 6 nitrogen and oxygen atoms in total. The zero-order valence-electron chi connectivity index (χ0n) is 16.6. The third-order valence-electron chi connectivity index (χ3n) is 4.43. The van der Waals surface area contributed by atoms with Crippen LogP contribution in [0.1, 0.15) is 5.56 Å². The van der Waals surface area contributed by atoms with E-state index in [-0.39, 0.29) is 17.1 Å². The van der Waals surface area contributed by atoms with Gasteiger partial charge in [-0.1, -0.05) is 23.7 Å². The number of nitrogens with one attached hydrogen (secondary N) is 1. The fourth-order valence-electron chi connectivity index (χ4n) is 2.83. The van der Waals surface area contributed by atoms with Gasteiger partial charge in [0, 0.05) is 11.6 Å². The molecule has 0 aliphatic heterocycles. The Bertz CT molecular complexity index is 1150. The number of ether oxygens (including phenoxy) is 1. The van der Waals surface area contributed by atoms with Crippen molar-refractivity contribution in [2.45, 2.75) is 11.4 Å². The smallest absolute Gasteiger partial charge is 0.264 e. The van der Waals surface area contributed by atoms with E-state index < -0.39 is 28.3 Å². The third kappa shape index (κ3) is 5.74. The maximum absolute atomic E-state index is 13.3. The molecule has 9 heteroatoms. The molecule has 0 radical (unpaired) electrons. The summed E-state index contributed by atoms with van der Waals surface area (Å²) < 4.78 is 46.0. The normalized spacial score (nSPS) is 11.1. The molecular weight excluding hydrogens is 443 g/mol. The Kier molecular flexibility index (Phi) is 7.14. The predicted molar refractivity (Wildman–Crippen MR) is 117 cm³/mol. The lowest BCUT2D eigenvalue weighted by molar-refractivity contribution is -0.119. The van der Waals surface area contributed by atoms with Gasteiger partial charge in [0.25, 0.3) is 10.0 Å². The molecule has 31 heavy (non-hydrogen) atoms. The van der Waals surface area contributed by atoms with Crippen LogP contribution in [0.5, 0.6) is 5.75 Å². The quantitative estimate of drug-likeness (QED) is 0.549. The van der Waals surface area contributed by atoms with Crippen molar-refractivity contribution in [2.75, 3.05) is 18.0 Å². The zero-order chi connectivity index (χ0) is 22.4. The minimum Gasteiger partial charge on any atom is -0.497 e. The molecule has 0 fully saturated rings. The van der Waals surface area contributed by atoms with E-state index >= 15 is 0 Å². The van der Waals surface area contributed by atoms with E-state index in [1.165, 1.54) is 73.8 Å². The first kappa shape index (κ1) is 22.6. The second-order valence-electron chi connectivity index (χ2n) is 6.57. The summed E-state index contributed by atoms with van der Waals surface area (Å²) >= 11 is 5.93. The van der Waals surface area contributed by atoms with E-state index in [9.17, 15) is 17.6 Å². The molecule has 0 unspecified atom stereocenters. The summed E-state index contributed by atoms with van der Waals surface area (Å²) in [7, 11) is -2.58. The van der Waals surface area contributed by atoms with E-state index in [4.69, 9.17) is 16.3 Å². The molecule has 162 valence electrons. The number of carbonyl (C=O) groups excluding carboxylic acids is 1. The van der Waals surface area contributed by atoms with Gasteiger partial charge in [0.15, 0.2) is 0 Å². The standard InChI is InChI=1S/C22H20ClFN2O4S/c1-30-20-9-11-21(12-10-20)31(28,29)26(19-7-5-17(23)6-8-19)15-22(27)25-14-16-3-2-4-18(24)13-16/h2-13H,14-15H2,1H3,(H,25,27). The number of sulfonamides is 1. The van der Waals surface area contributed by atoms with E-state index in [0.717, 1.165) is 4.31 Å². The number of rotatable bonds is 8. The number of anilines is 1.